The molecule has 0 aliphatic carbocycles. The lowest BCUT2D eigenvalue weighted by Gasteiger charge is -2.41. The van der Waals surface area contributed by atoms with E-state index in [-0.39, 0.29) is 11.7 Å². The average molecular weight is 439 g/mol. The molecule has 0 saturated carbocycles. The van der Waals surface area contributed by atoms with Gasteiger partial charge in [0.15, 0.2) is 0 Å². The maximum Gasteiger partial charge on any atom is 0.410 e. The van der Waals surface area contributed by atoms with Gasteiger partial charge in [-0.2, -0.15) is 0 Å². The Bertz CT molecular complexity index is 358. The molecule has 23 heavy (non-hydrogen) atoms. The number of likely N-dealkylation sites (tertiary alicyclic amines) is 1. The van der Waals surface area contributed by atoms with Gasteiger partial charge in [0.25, 0.3) is 0 Å². The Labute approximate surface area is 155 Å². The third-order valence-corrected chi connectivity index (χ3v) is 5.54. The number of rotatable bonds is 7. The largest absolute Gasteiger partial charge is 0.444 e. The predicted octanol–water partition coefficient (Wildman–Crippen LogP) is 5.03. The smallest absolute Gasteiger partial charge is 0.410 e. The molecular weight excluding hydrogens is 405 g/mol. The summed E-state index contributed by atoms with van der Waals surface area (Å²) in [6.45, 7) is 12.5. The Kier molecular flexibility index (Phi) is 8.63. The van der Waals surface area contributed by atoms with Crippen molar-refractivity contribution < 1.29 is 14.3 Å². The van der Waals surface area contributed by atoms with E-state index >= 15 is 0 Å². The summed E-state index contributed by atoms with van der Waals surface area (Å²) in [5.74, 6) is 0.769. The monoisotopic (exact) mass is 439 g/mol. The van der Waals surface area contributed by atoms with Crippen LogP contribution in [0.5, 0.6) is 0 Å². The van der Waals surface area contributed by atoms with Crippen molar-refractivity contribution in [3.63, 3.8) is 0 Å². The van der Waals surface area contributed by atoms with E-state index in [4.69, 9.17) is 9.47 Å². The van der Waals surface area contributed by atoms with Crippen LogP contribution in [0.25, 0.3) is 0 Å². The maximum absolute atomic E-state index is 12.1. The number of ether oxygens (including phenoxy) is 2. The first kappa shape index (κ1) is 21.0. The summed E-state index contributed by atoms with van der Waals surface area (Å²) in [6.07, 6.45) is 5.24. The van der Waals surface area contributed by atoms with E-state index in [1.807, 2.05) is 25.7 Å². The molecule has 1 rings (SSSR count). The van der Waals surface area contributed by atoms with Gasteiger partial charge in [0, 0.05) is 24.1 Å². The van der Waals surface area contributed by atoms with Crippen molar-refractivity contribution in [2.75, 3.05) is 24.1 Å². The molecule has 0 N–H and O–H groups in total. The van der Waals surface area contributed by atoms with Crippen LogP contribution in [0.2, 0.25) is 0 Å². The fourth-order valence-corrected chi connectivity index (χ4v) is 3.67. The highest BCUT2D eigenvalue weighted by atomic mass is 127. The predicted molar refractivity (Wildman–Crippen MR) is 103 cm³/mol. The number of nitrogens with zero attached hydrogens (tertiary/aromatic N) is 1. The molecule has 1 heterocycles. The minimum Gasteiger partial charge on any atom is -0.444 e. The first-order valence-electron chi connectivity index (χ1n) is 8.85. The van der Waals surface area contributed by atoms with Crippen molar-refractivity contribution in [1.82, 2.24) is 4.90 Å². The molecule has 1 amide bonds. The Hall–Kier alpha value is -0.0400. The second-order valence-corrected chi connectivity index (χ2v) is 8.78. The quantitative estimate of drug-likeness (QED) is 0.317. The van der Waals surface area contributed by atoms with Gasteiger partial charge in [0.1, 0.15) is 5.60 Å². The maximum atomic E-state index is 12.1. The molecule has 0 aromatic carbocycles. The number of amides is 1. The molecule has 1 saturated heterocycles. The molecule has 5 heteroatoms. The van der Waals surface area contributed by atoms with E-state index in [1.165, 1.54) is 12.8 Å². The molecule has 0 aromatic heterocycles. The third-order valence-electron chi connectivity index (χ3n) is 4.15. The second-order valence-electron chi connectivity index (χ2n) is 8.02. The molecule has 0 unspecified atom stereocenters. The van der Waals surface area contributed by atoms with Crippen LogP contribution in [0.15, 0.2) is 0 Å². The molecular formula is C18H34INO3. The molecule has 0 radical (unpaired) electrons. The van der Waals surface area contributed by atoms with Crippen LogP contribution in [-0.4, -0.2) is 46.3 Å². The average Bonchev–Trinajstić information content (AvgIpc) is 2.45. The van der Waals surface area contributed by atoms with Crippen LogP contribution < -0.4 is 0 Å². The van der Waals surface area contributed by atoms with Gasteiger partial charge in [-0.05, 0) is 46.0 Å². The van der Waals surface area contributed by atoms with Gasteiger partial charge in [-0.15, -0.1) is 0 Å². The number of unbranched alkanes of at least 4 members (excludes halogenated alkanes) is 1. The van der Waals surface area contributed by atoms with E-state index in [0.29, 0.717) is 0 Å². The minimum absolute atomic E-state index is 0.0586. The molecule has 0 aromatic rings. The van der Waals surface area contributed by atoms with Crippen LogP contribution >= 0.6 is 22.6 Å². The van der Waals surface area contributed by atoms with Crippen molar-refractivity contribution in [2.45, 2.75) is 77.9 Å². The number of piperidine rings is 1. The van der Waals surface area contributed by atoms with E-state index in [9.17, 15) is 4.79 Å². The van der Waals surface area contributed by atoms with Gasteiger partial charge in [-0.3, -0.25) is 0 Å². The summed E-state index contributed by atoms with van der Waals surface area (Å²) in [5, 5.41) is 0. The van der Waals surface area contributed by atoms with Crippen LogP contribution in [0.4, 0.5) is 4.79 Å². The lowest BCUT2D eigenvalue weighted by atomic mass is 9.93. The summed E-state index contributed by atoms with van der Waals surface area (Å²) in [5.41, 5.74) is -0.487. The highest BCUT2D eigenvalue weighted by Gasteiger charge is 2.37. The Morgan fingerprint density at radius 1 is 1.22 bits per heavy atom. The Morgan fingerprint density at radius 2 is 1.83 bits per heavy atom. The molecule has 1 aliphatic rings. The number of alkyl halides is 1. The van der Waals surface area contributed by atoms with Crippen molar-refractivity contribution in [2.24, 2.45) is 5.92 Å². The molecule has 0 atom stereocenters. The standard InChI is InChI=1S/C18H34INO3/c1-15(2)8-6-7-13-22-18(14-19)9-11-20(12-10-18)16(21)23-17(3,4)5/h15H,6-14H2,1-5H3. The van der Waals surface area contributed by atoms with E-state index in [1.54, 1.807) is 0 Å². The lowest BCUT2D eigenvalue weighted by Crippen LogP contribution is -2.50. The molecule has 4 nitrogen and oxygen atoms in total. The first-order chi connectivity index (χ1) is 10.7. The number of hydrogen-bond acceptors (Lipinski definition) is 3. The normalized spacial score (nSPS) is 18.3. The van der Waals surface area contributed by atoms with Crippen molar-refractivity contribution >= 4 is 28.7 Å². The summed E-state index contributed by atoms with van der Waals surface area (Å²) in [6, 6.07) is 0. The first-order valence-corrected chi connectivity index (χ1v) is 10.4. The zero-order valence-electron chi connectivity index (χ0n) is 15.5. The van der Waals surface area contributed by atoms with Crippen LogP contribution in [-0.2, 0) is 9.47 Å². The number of hydrogen-bond donors (Lipinski definition) is 0. The number of halogens is 1. The van der Waals surface area contributed by atoms with Gasteiger partial charge in [0.05, 0.1) is 5.60 Å². The molecule has 0 spiro atoms. The van der Waals surface area contributed by atoms with Crippen LogP contribution in [0, 0.1) is 5.92 Å². The summed E-state index contributed by atoms with van der Waals surface area (Å²) in [4.78, 5) is 14.0. The van der Waals surface area contributed by atoms with Crippen LogP contribution in [0.3, 0.4) is 0 Å². The van der Waals surface area contributed by atoms with Gasteiger partial charge in [-0.25, -0.2) is 4.79 Å². The van der Waals surface area contributed by atoms with E-state index in [2.05, 4.69) is 36.4 Å². The Balaban J connectivity index is 2.36. The zero-order valence-corrected chi connectivity index (χ0v) is 17.6. The van der Waals surface area contributed by atoms with Crippen LogP contribution in [0.1, 0.15) is 66.7 Å². The topological polar surface area (TPSA) is 38.8 Å². The number of carbonyl (C=O) groups is 1. The van der Waals surface area contributed by atoms with Gasteiger partial charge in [0.2, 0.25) is 0 Å². The minimum atomic E-state index is -0.429. The molecule has 1 aliphatic heterocycles. The highest BCUT2D eigenvalue weighted by Crippen LogP contribution is 2.30. The SMILES string of the molecule is CC(C)CCCCOC1(CI)CCN(C(=O)OC(C)(C)C)CC1. The summed E-state index contributed by atoms with van der Waals surface area (Å²) < 4.78 is 12.7. The summed E-state index contributed by atoms with van der Waals surface area (Å²) in [7, 11) is 0. The van der Waals surface area contributed by atoms with Crippen molar-refractivity contribution in [3.05, 3.63) is 0 Å². The molecule has 1 fully saturated rings. The van der Waals surface area contributed by atoms with Crippen molar-refractivity contribution in [3.8, 4) is 0 Å². The fourth-order valence-electron chi connectivity index (χ4n) is 2.68. The zero-order chi connectivity index (χ0) is 17.5. The molecule has 136 valence electrons. The lowest BCUT2D eigenvalue weighted by molar-refractivity contribution is -0.0684. The molecule has 0 bridgehead atoms. The second kappa shape index (κ2) is 9.44. The Morgan fingerprint density at radius 3 is 2.30 bits per heavy atom. The number of carbonyl (C=O) groups excluding carboxylic acids is 1. The van der Waals surface area contributed by atoms with E-state index < -0.39 is 5.60 Å². The van der Waals surface area contributed by atoms with Gasteiger partial charge >= 0.3 is 6.09 Å². The fraction of sp³-hybridized carbons (Fsp3) is 0.944. The third kappa shape index (κ3) is 8.05. The van der Waals surface area contributed by atoms with Gasteiger partial charge in [-0.1, -0.05) is 49.3 Å². The highest BCUT2D eigenvalue weighted by molar-refractivity contribution is 14.1. The summed E-state index contributed by atoms with van der Waals surface area (Å²) >= 11 is 2.42. The van der Waals surface area contributed by atoms with E-state index in [0.717, 1.165) is 49.3 Å². The van der Waals surface area contributed by atoms with Crippen molar-refractivity contribution in [1.29, 1.82) is 0 Å². The van der Waals surface area contributed by atoms with Gasteiger partial charge < -0.3 is 14.4 Å².